The molecule has 0 heterocycles. The van der Waals surface area contributed by atoms with Crippen molar-refractivity contribution in [3.63, 3.8) is 0 Å². The summed E-state index contributed by atoms with van der Waals surface area (Å²) in [6, 6.07) is 7.84. The minimum Gasteiger partial charge on any atom is -0.496 e. The standard InChI is InChI=1S/C15H21NO3/c1-5-19-15(17)11(2)10-16-12(3)13-8-6-7-9-14(13)18-4/h6-9,12,16H,2,5,10H2,1,3-4H3/t12-/m0/s1. The second kappa shape index (κ2) is 7.59. The van der Waals surface area contributed by atoms with E-state index in [9.17, 15) is 4.79 Å². The Morgan fingerprint density at radius 2 is 2.11 bits per heavy atom. The van der Waals surface area contributed by atoms with Gasteiger partial charge in [-0.3, -0.25) is 0 Å². The Labute approximate surface area is 114 Å². The highest BCUT2D eigenvalue weighted by Gasteiger charge is 2.13. The van der Waals surface area contributed by atoms with Gasteiger partial charge < -0.3 is 14.8 Å². The summed E-state index contributed by atoms with van der Waals surface area (Å²) in [5, 5.41) is 3.23. The maximum Gasteiger partial charge on any atom is 0.334 e. The highest BCUT2D eigenvalue weighted by atomic mass is 16.5. The van der Waals surface area contributed by atoms with Crippen molar-refractivity contribution in [1.82, 2.24) is 5.32 Å². The summed E-state index contributed by atoms with van der Waals surface area (Å²) in [6.07, 6.45) is 0. The number of methoxy groups -OCH3 is 1. The van der Waals surface area contributed by atoms with Crippen LogP contribution in [0.2, 0.25) is 0 Å². The van der Waals surface area contributed by atoms with Gasteiger partial charge in [-0.15, -0.1) is 0 Å². The van der Waals surface area contributed by atoms with Crippen molar-refractivity contribution in [1.29, 1.82) is 0 Å². The van der Waals surface area contributed by atoms with Crippen molar-refractivity contribution in [3.8, 4) is 5.75 Å². The monoisotopic (exact) mass is 263 g/mol. The van der Waals surface area contributed by atoms with Crippen LogP contribution in [0.1, 0.15) is 25.5 Å². The van der Waals surface area contributed by atoms with Crippen LogP contribution in [-0.4, -0.2) is 26.2 Å². The van der Waals surface area contributed by atoms with Gasteiger partial charge in [0.25, 0.3) is 0 Å². The van der Waals surface area contributed by atoms with E-state index in [4.69, 9.17) is 9.47 Å². The number of nitrogens with one attached hydrogen (secondary N) is 1. The molecule has 0 aliphatic carbocycles. The Morgan fingerprint density at radius 3 is 2.74 bits per heavy atom. The third-order valence-corrected chi connectivity index (χ3v) is 2.79. The highest BCUT2D eigenvalue weighted by molar-refractivity contribution is 5.88. The van der Waals surface area contributed by atoms with E-state index in [2.05, 4.69) is 11.9 Å². The third kappa shape index (κ3) is 4.41. The molecule has 0 amide bonds. The minimum absolute atomic E-state index is 0.0577. The number of rotatable bonds is 7. The van der Waals surface area contributed by atoms with Crippen LogP contribution >= 0.6 is 0 Å². The van der Waals surface area contributed by atoms with Crippen LogP contribution in [0.15, 0.2) is 36.4 Å². The Hall–Kier alpha value is -1.81. The maximum atomic E-state index is 11.4. The molecule has 19 heavy (non-hydrogen) atoms. The Bertz CT molecular complexity index is 443. The van der Waals surface area contributed by atoms with Crippen molar-refractivity contribution >= 4 is 5.97 Å². The molecule has 0 saturated carbocycles. The zero-order chi connectivity index (χ0) is 14.3. The van der Waals surface area contributed by atoms with E-state index in [1.807, 2.05) is 31.2 Å². The smallest absolute Gasteiger partial charge is 0.334 e. The van der Waals surface area contributed by atoms with Gasteiger partial charge in [-0.1, -0.05) is 24.8 Å². The number of hydrogen-bond donors (Lipinski definition) is 1. The lowest BCUT2D eigenvalue weighted by molar-refractivity contribution is -0.138. The first-order valence-corrected chi connectivity index (χ1v) is 6.31. The molecular formula is C15H21NO3. The SMILES string of the molecule is C=C(CN[C@@H](C)c1ccccc1OC)C(=O)OCC. The topological polar surface area (TPSA) is 47.6 Å². The van der Waals surface area contributed by atoms with E-state index in [0.717, 1.165) is 11.3 Å². The zero-order valence-corrected chi connectivity index (χ0v) is 11.7. The van der Waals surface area contributed by atoms with Crippen molar-refractivity contribution in [2.45, 2.75) is 19.9 Å². The molecular weight excluding hydrogens is 242 g/mol. The van der Waals surface area contributed by atoms with Gasteiger partial charge in [0.05, 0.1) is 13.7 Å². The van der Waals surface area contributed by atoms with Crippen molar-refractivity contribution < 1.29 is 14.3 Å². The van der Waals surface area contributed by atoms with Gasteiger partial charge in [0.2, 0.25) is 0 Å². The number of hydrogen-bond acceptors (Lipinski definition) is 4. The van der Waals surface area contributed by atoms with E-state index < -0.39 is 0 Å². The van der Waals surface area contributed by atoms with Gasteiger partial charge >= 0.3 is 5.97 Å². The quantitative estimate of drug-likeness (QED) is 0.606. The van der Waals surface area contributed by atoms with E-state index >= 15 is 0 Å². The molecule has 0 bridgehead atoms. The first-order valence-electron chi connectivity index (χ1n) is 6.31. The number of carbonyl (C=O) groups excluding carboxylic acids is 1. The molecule has 1 aromatic rings. The number of para-hydroxylation sites is 1. The molecule has 0 fully saturated rings. The first kappa shape index (κ1) is 15.2. The van der Waals surface area contributed by atoms with Crippen molar-refractivity contribution in [2.24, 2.45) is 0 Å². The predicted octanol–water partition coefficient (Wildman–Crippen LogP) is 2.47. The van der Waals surface area contributed by atoms with Gasteiger partial charge in [-0.05, 0) is 19.9 Å². The molecule has 1 rings (SSSR count). The summed E-state index contributed by atoms with van der Waals surface area (Å²) in [5.74, 6) is 0.464. The lowest BCUT2D eigenvalue weighted by Gasteiger charge is -2.17. The molecule has 0 radical (unpaired) electrons. The third-order valence-electron chi connectivity index (χ3n) is 2.79. The number of ether oxygens (including phenoxy) is 2. The summed E-state index contributed by atoms with van der Waals surface area (Å²) in [6.45, 7) is 8.25. The lowest BCUT2D eigenvalue weighted by atomic mass is 10.1. The van der Waals surface area contributed by atoms with Crippen LogP contribution in [0.3, 0.4) is 0 Å². The normalized spacial score (nSPS) is 11.7. The molecule has 0 aliphatic heterocycles. The van der Waals surface area contributed by atoms with Crippen LogP contribution in [0.5, 0.6) is 5.75 Å². The van der Waals surface area contributed by atoms with Crippen LogP contribution in [0, 0.1) is 0 Å². The molecule has 4 nitrogen and oxygen atoms in total. The van der Waals surface area contributed by atoms with Crippen LogP contribution in [0.4, 0.5) is 0 Å². The summed E-state index contributed by atoms with van der Waals surface area (Å²) >= 11 is 0. The van der Waals surface area contributed by atoms with Crippen LogP contribution < -0.4 is 10.1 Å². The van der Waals surface area contributed by atoms with Crippen molar-refractivity contribution in [3.05, 3.63) is 42.0 Å². The average molecular weight is 263 g/mol. The second-order valence-corrected chi connectivity index (χ2v) is 4.17. The average Bonchev–Trinajstić information content (AvgIpc) is 2.44. The van der Waals surface area contributed by atoms with E-state index in [1.165, 1.54) is 0 Å². The minimum atomic E-state index is -0.359. The molecule has 104 valence electrons. The van der Waals surface area contributed by atoms with Gasteiger partial charge in [-0.25, -0.2) is 4.79 Å². The Balaban J connectivity index is 2.58. The fourth-order valence-electron chi connectivity index (χ4n) is 1.72. The van der Waals surface area contributed by atoms with E-state index in [-0.39, 0.29) is 12.0 Å². The fraction of sp³-hybridized carbons (Fsp3) is 0.400. The highest BCUT2D eigenvalue weighted by Crippen LogP contribution is 2.24. The second-order valence-electron chi connectivity index (χ2n) is 4.17. The molecule has 0 unspecified atom stereocenters. The molecule has 0 aliphatic rings. The largest absolute Gasteiger partial charge is 0.496 e. The predicted molar refractivity (Wildman–Crippen MR) is 75.2 cm³/mol. The molecule has 1 N–H and O–H groups in total. The van der Waals surface area contributed by atoms with E-state index in [0.29, 0.717) is 18.7 Å². The summed E-state index contributed by atoms with van der Waals surface area (Å²) < 4.78 is 10.2. The first-order chi connectivity index (χ1) is 9.10. The number of carbonyl (C=O) groups is 1. The molecule has 1 aromatic carbocycles. The Kier molecular flexibility index (Phi) is 6.09. The van der Waals surface area contributed by atoms with E-state index in [1.54, 1.807) is 14.0 Å². The number of esters is 1. The fourth-order valence-corrected chi connectivity index (χ4v) is 1.72. The van der Waals surface area contributed by atoms with Gasteiger partial charge in [0, 0.05) is 23.7 Å². The summed E-state index contributed by atoms with van der Waals surface area (Å²) in [5.41, 5.74) is 1.46. The van der Waals surface area contributed by atoms with Gasteiger partial charge in [0.15, 0.2) is 0 Å². The number of benzene rings is 1. The van der Waals surface area contributed by atoms with Crippen LogP contribution in [0.25, 0.3) is 0 Å². The van der Waals surface area contributed by atoms with Crippen molar-refractivity contribution in [2.75, 3.05) is 20.3 Å². The molecule has 0 aromatic heterocycles. The van der Waals surface area contributed by atoms with Crippen LogP contribution in [-0.2, 0) is 9.53 Å². The molecule has 0 spiro atoms. The Morgan fingerprint density at radius 1 is 1.42 bits per heavy atom. The van der Waals surface area contributed by atoms with Gasteiger partial charge in [0.1, 0.15) is 5.75 Å². The molecule has 4 heteroatoms. The molecule has 0 saturated heterocycles. The zero-order valence-electron chi connectivity index (χ0n) is 11.7. The summed E-state index contributed by atoms with van der Waals surface area (Å²) in [4.78, 5) is 11.4. The van der Waals surface area contributed by atoms with Gasteiger partial charge in [-0.2, -0.15) is 0 Å². The summed E-state index contributed by atoms with van der Waals surface area (Å²) in [7, 11) is 1.64. The lowest BCUT2D eigenvalue weighted by Crippen LogP contribution is -2.25. The molecule has 1 atom stereocenters. The maximum absolute atomic E-state index is 11.4.